The zero-order valence-corrected chi connectivity index (χ0v) is 26.4. The van der Waals surface area contributed by atoms with Crippen molar-refractivity contribution in [1.29, 1.82) is 0 Å². The van der Waals surface area contributed by atoms with Crippen LogP contribution in [0.2, 0.25) is 0 Å². The Morgan fingerprint density at radius 2 is 1.17 bits per heavy atom. The van der Waals surface area contributed by atoms with Crippen LogP contribution in [0.4, 0.5) is 17.1 Å². The van der Waals surface area contributed by atoms with Crippen LogP contribution in [-0.4, -0.2) is 0 Å². The number of benzene rings is 7. The third-order valence-electron chi connectivity index (χ3n) is 10.0. The van der Waals surface area contributed by atoms with E-state index >= 15 is 0 Å². The van der Waals surface area contributed by atoms with Crippen molar-refractivity contribution in [3.63, 3.8) is 0 Å². The molecular formula is C43H29NOS. The smallest absolute Gasteiger partial charge is 0.135 e. The van der Waals surface area contributed by atoms with Crippen molar-refractivity contribution in [2.75, 3.05) is 4.90 Å². The molecule has 7 aromatic carbocycles. The molecule has 0 amide bonds. The van der Waals surface area contributed by atoms with Crippen molar-refractivity contribution in [3.05, 3.63) is 151 Å². The molecule has 0 radical (unpaired) electrons. The fourth-order valence-corrected chi connectivity index (χ4v) is 9.01. The molecule has 1 aliphatic carbocycles. The fourth-order valence-electron chi connectivity index (χ4n) is 7.77. The normalized spacial score (nSPS) is 13.6. The van der Waals surface area contributed by atoms with E-state index in [4.69, 9.17) is 4.42 Å². The summed E-state index contributed by atoms with van der Waals surface area (Å²) in [6.07, 6.45) is 0. The van der Waals surface area contributed by atoms with Crippen LogP contribution in [0, 0.1) is 0 Å². The summed E-state index contributed by atoms with van der Waals surface area (Å²) in [4.78, 5) is 2.41. The highest BCUT2D eigenvalue weighted by atomic mass is 32.1. The van der Waals surface area contributed by atoms with Crippen LogP contribution in [-0.2, 0) is 5.41 Å². The van der Waals surface area contributed by atoms with Gasteiger partial charge in [-0.2, -0.15) is 0 Å². The first-order valence-electron chi connectivity index (χ1n) is 15.8. The molecule has 0 saturated carbocycles. The topological polar surface area (TPSA) is 16.4 Å². The molecule has 2 aromatic heterocycles. The molecule has 0 fully saturated rings. The van der Waals surface area contributed by atoms with Gasteiger partial charge in [-0.15, -0.1) is 11.3 Å². The summed E-state index contributed by atoms with van der Waals surface area (Å²) in [5.74, 6) is 0. The number of hydrogen-bond donors (Lipinski definition) is 0. The van der Waals surface area contributed by atoms with E-state index in [2.05, 4.69) is 146 Å². The molecule has 0 bridgehead atoms. The van der Waals surface area contributed by atoms with Gasteiger partial charge >= 0.3 is 0 Å². The third-order valence-corrected chi connectivity index (χ3v) is 11.3. The van der Waals surface area contributed by atoms with Gasteiger partial charge in [0.25, 0.3) is 0 Å². The van der Waals surface area contributed by atoms with Gasteiger partial charge in [-0.05, 0) is 87.6 Å². The lowest BCUT2D eigenvalue weighted by molar-refractivity contribution is 0.660. The first-order chi connectivity index (χ1) is 22.5. The summed E-state index contributed by atoms with van der Waals surface area (Å²) < 4.78 is 8.91. The molecule has 0 saturated heterocycles. The quantitative estimate of drug-likeness (QED) is 0.199. The Morgan fingerprint density at radius 1 is 0.500 bits per heavy atom. The lowest BCUT2D eigenvalue weighted by Gasteiger charge is -2.28. The summed E-state index contributed by atoms with van der Waals surface area (Å²) in [6, 6.07) is 51.0. The highest BCUT2D eigenvalue weighted by Gasteiger charge is 2.35. The molecule has 46 heavy (non-hydrogen) atoms. The van der Waals surface area contributed by atoms with Gasteiger partial charge in [0.2, 0.25) is 0 Å². The molecular weight excluding hydrogens is 579 g/mol. The van der Waals surface area contributed by atoms with Crippen molar-refractivity contribution < 1.29 is 4.42 Å². The highest BCUT2D eigenvalue weighted by molar-refractivity contribution is 7.26. The predicted molar refractivity (Wildman–Crippen MR) is 196 cm³/mol. The summed E-state index contributed by atoms with van der Waals surface area (Å²) in [6.45, 7) is 4.70. The average Bonchev–Trinajstić information content (AvgIpc) is 3.73. The minimum Gasteiger partial charge on any atom is -0.456 e. The molecule has 0 atom stereocenters. The summed E-state index contributed by atoms with van der Waals surface area (Å²) in [7, 11) is 0. The number of fused-ring (bicyclic) bond motifs is 11. The predicted octanol–water partition coefficient (Wildman–Crippen LogP) is 12.9. The standard InChI is InChI=1S/C43H29NOS/c1-43(2)37-12-6-3-9-31(37)32-21-17-29(25-38(32)43)44(28-18-22-40-36(24-28)33-10-4-7-13-39(33)45-40)27-16-20-30-26(23-27)15-19-35-34-11-5-8-14-41(34)46-42(30)35/h3-25H,1-2H3. The van der Waals surface area contributed by atoms with Crippen molar-refractivity contribution in [1.82, 2.24) is 0 Å². The van der Waals surface area contributed by atoms with Gasteiger partial charge in [0.15, 0.2) is 0 Å². The van der Waals surface area contributed by atoms with Crippen LogP contribution in [0.1, 0.15) is 25.0 Å². The number of nitrogens with zero attached hydrogens (tertiary/aromatic N) is 1. The minimum absolute atomic E-state index is 0.0888. The second-order valence-electron chi connectivity index (χ2n) is 13.0. The Kier molecular flexibility index (Phi) is 5.25. The van der Waals surface area contributed by atoms with Crippen molar-refractivity contribution in [3.8, 4) is 11.1 Å². The zero-order valence-electron chi connectivity index (χ0n) is 25.5. The van der Waals surface area contributed by atoms with E-state index in [1.807, 2.05) is 23.5 Å². The van der Waals surface area contributed by atoms with E-state index in [0.717, 1.165) is 39.0 Å². The lowest BCUT2D eigenvalue weighted by atomic mass is 9.82. The van der Waals surface area contributed by atoms with Gasteiger partial charge in [0.05, 0.1) is 0 Å². The second-order valence-corrected chi connectivity index (χ2v) is 14.0. The maximum atomic E-state index is 6.23. The van der Waals surface area contributed by atoms with E-state index in [1.165, 1.54) is 53.2 Å². The van der Waals surface area contributed by atoms with E-state index in [9.17, 15) is 0 Å². The Bertz CT molecular complexity index is 2690. The largest absolute Gasteiger partial charge is 0.456 e. The molecule has 0 aliphatic heterocycles. The van der Waals surface area contributed by atoms with Crippen LogP contribution in [0.25, 0.3) is 64.0 Å². The van der Waals surface area contributed by atoms with Crippen LogP contribution in [0.3, 0.4) is 0 Å². The van der Waals surface area contributed by atoms with Gasteiger partial charge in [-0.3, -0.25) is 0 Å². The van der Waals surface area contributed by atoms with Crippen molar-refractivity contribution >= 4 is 81.3 Å². The summed E-state index contributed by atoms with van der Waals surface area (Å²) in [5.41, 5.74) is 10.5. The monoisotopic (exact) mass is 607 g/mol. The van der Waals surface area contributed by atoms with Crippen LogP contribution in [0.5, 0.6) is 0 Å². The molecule has 2 nitrogen and oxygen atoms in total. The molecule has 218 valence electrons. The lowest BCUT2D eigenvalue weighted by Crippen LogP contribution is -2.16. The van der Waals surface area contributed by atoms with Gasteiger partial charge in [0.1, 0.15) is 11.2 Å². The van der Waals surface area contributed by atoms with Gasteiger partial charge in [0, 0.05) is 53.4 Å². The number of hydrogen-bond acceptors (Lipinski definition) is 3. The van der Waals surface area contributed by atoms with E-state index < -0.39 is 0 Å². The maximum Gasteiger partial charge on any atom is 0.135 e. The number of para-hydroxylation sites is 1. The Hall–Kier alpha value is -5.38. The van der Waals surface area contributed by atoms with Crippen LogP contribution < -0.4 is 4.90 Å². The molecule has 0 unspecified atom stereocenters. The fraction of sp³-hybridized carbons (Fsp3) is 0.0698. The Labute approximate surface area is 270 Å². The summed E-state index contributed by atoms with van der Waals surface area (Å²) >= 11 is 1.88. The molecule has 0 N–H and O–H groups in total. The van der Waals surface area contributed by atoms with Crippen LogP contribution in [0.15, 0.2) is 144 Å². The highest BCUT2D eigenvalue weighted by Crippen LogP contribution is 2.51. The third kappa shape index (κ3) is 3.58. The number of furan rings is 1. The van der Waals surface area contributed by atoms with Crippen LogP contribution >= 0.6 is 11.3 Å². The SMILES string of the molecule is CC1(C)c2ccccc2-c2ccc(N(c3ccc4c(ccc5c6ccccc6sc45)c3)c3ccc4oc5ccccc5c4c3)cc21. The van der Waals surface area contributed by atoms with E-state index in [-0.39, 0.29) is 5.41 Å². The number of rotatable bonds is 3. The minimum atomic E-state index is -0.0888. The number of thiophene rings is 1. The molecule has 9 aromatic rings. The van der Waals surface area contributed by atoms with Gasteiger partial charge in [-0.25, -0.2) is 0 Å². The Balaban J connectivity index is 1.20. The van der Waals surface area contributed by atoms with E-state index in [1.54, 1.807) is 0 Å². The Morgan fingerprint density at radius 3 is 2.11 bits per heavy atom. The molecule has 0 spiro atoms. The summed E-state index contributed by atoms with van der Waals surface area (Å²) in [5, 5.41) is 7.46. The molecule has 2 heterocycles. The maximum absolute atomic E-state index is 6.23. The zero-order chi connectivity index (χ0) is 30.6. The molecule has 3 heteroatoms. The molecule has 1 aliphatic rings. The molecule has 10 rings (SSSR count). The van der Waals surface area contributed by atoms with E-state index in [0.29, 0.717) is 0 Å². The second kappa shape index (κ2) is 9.32. The average molecular weight is 608 g/mol. The first kappa shape index (κ1) is 25.9. The van der Waals surface area contributed by atoms with Crippen molar-refractivity contribution in [2.24, 2.45) is 0 Å². The van der Waals surface area contributed by atoms with Crippen molar-refractivity contribution in [2.45, 2.75) is 19.3 Å². The van der Waals surface area contributed by atoms with Gasteiger partial charge < -0.3 is 9.32 Å². The first-order valence-corrected chi connectivity index (χ1v) is 16.7. The number of anilines is 3. The van der Waals surface area contributed by atoms with Gasteiger partial charge in [-0.1, -0.05) is 98.8 Å².